The van der Waals surface area contributed by atoms with Gasteiger partial charge in [0.05, 0.1) is 19.6 Å². The van der Waals surface area contributed by atoms with Crippen LogP contribution < -0.4 is 15.0 Å². The van der Waals surface area contributed by atoms with Crippen molar-refractivity contribution < 1.29 is 9.47 Å². The normalized spacial score (nSPS) is 10.9. The van der Waals surface area contributed by atoms with Crippen LogP contribution in [0.1, 0.15) is 4.88 Å². The number of aryl methyl sites for hydroxylation is 1. The van der Waals surface area contributed by atoms with Crippen LogP contribution in [0.4, 0.5) is 0 Å². The maximum atomic E-state index is 12.9. The first kappa shape index (κ1) is 17.3. The molecular formula is C21H18N2O3S. The number of hydrogen-bond donors (Lipinski definition) is 1. The molecule has 0 aliphatic rings. The third kappa shape index (κ3) is 2.98. The van der Waals surface area contributed by atoms with Gasteiger partial charge in [-0.15, -0.1) is 11.3 Å². The number of H-pyrrole nitrogens is 1. The summed E-state index contributed by atoms with van der Waals surface area (Å²) in [6.45, 7) is 2.02. The van der Waals surface area contributed by atoms with Gasteiger partial charge in [0.15, 0.2) is 11.5 Å². The number of thiophene rings is 1. The summed E-state index contributed by atoms with van der Waals surface area (Å²) in [7, 11) is 3.17. The first-order valence-corrected chi connectivity index (χ1v) is 9.25. The van der Waals surface area contributed by atoms with Gasteiger partial charge in [0.25, 0.3) is 5.56 Å². The molecule has 0 aliphatic carbocycles. The number of nitrogens with zero attached hydrogens (tertiary/aromatic N) is 1. The Balaban J connectivity index is 1.91. The van der Waals surface area contributed by atoms with Crippen molar-refractivity contribution in [2.24, 2.45) is 0 Å². The van der Waals surface area contributed by atoms with Gasteiger partial charge < -0.3 is 14.5 Å². The summed E-state index contributed by atoms with van der Waals surface area (Å²) in [6.07, 6.45) is 0. The Labute approximate surface area is 160 Å². The number of aromatic amines is 1. The van der Waals surface area contributed by atoms with Crippen LogP contribution >= 0.6 is 11.3 Å². The van der Waals surface area contributed by atoms with E-state index >= 15 is 0 Å². The fourth-order valence-corrected chi connectivity index (χ4v) is 4.24. The zero-order valence-corrected chi connectivity index (χ0v) is 16.0. The van der Waals surface area contributed by atoms with Crippen molar-refractivity contribution in [2.45, 2.75) is 6.92 Å². The molecule has 1 N–H and O–H groups in total. The summed E-state index contributed by atoms with van der Waals surface area (Å²) in [4.78, 5) is 22.3. The topological polar surface area (TPSA) is 64.2 Å². The lowest BCUT2D eigenvalue weighted by molar-refractivity contribution is 0.355. The summed E-state index contributed by atoms with van der Waals surface area (Å²) in [5.41, 5.74) is 2.59. The number of fused-ring (bicyclic) bond motifs is 1. The summed E-state index contributed by atoms with van der Waals surface area (Å²) in [5, 5.41) is 0.632. The molecule has 0 bridgehead atoms. The SMILES string of the molecule is COc1ccc(-c2nc3sc(C)c(-c4ccccc4)c3c(=O)[nH]2)cc1OC. The molecule has 2 aromatic heterocycles. The number of ether oxygens (including phenoxy) is 2. The molecule has 0 unspecified atom stereocenters. The van der Waals surface area contributed by atoms with Crippen molar-refractivity contribution in [1.29, 1.82) is 0 Å². The van der Waals surface area contributed by atoms with Gasteiger partial charge >= 0.3 is 0 Å². The zero-order valence-electron chi connectivity index (χ0n) is 15.2. The molecule has 0 fully saturated rings. The van der Waals surface area contributed by atoms with E-state index in [9.17, 15) is 4.79 Å². The molecule has 0 aliphatic heterocycles. The fraction of sp³-hybridized carbons (Fsp3) is 0.143. The van der Waals surface area contributed by atoms with Gasteiger partial charge in [-0.3, -0.25) is 4.79 Å². The summed E-state index contributed by atoms with van der Waals surface area (Å²) in [5.74, 6) is 1.72. The van der Waals surface area contributed by atoms with Crippen molar-refractivity contribution in [3.63, 3.8) is 0 Å². The third-order valence-electron chi connectivity index (χ3n) is 4.46. The van der Waals surface area contributed by atoms with Gasteiger partial charge in [-0.2, -0.15) is 0 Å². The molecule has 5 nitrogen and oxygen atoms in total. The lowest BCUT2D eigenvalue weighted by Crippen LogP contribution is -2.09. The van der Waals surface area contributed by atoms with Gasteiger partial charge in [0.2, 0.25) is 0 Å². The van der Waals surface area contributed by atoms with Crippen molar-refractivity contribution in [3.8, 4) is 34.0 Å². The maximum Gasteiger partial charge on any atom is 0.260 e. The molecule has 0 radical (unpaired) electrons. The lowest BCUT2D eigenvalue weighted by atomic mass is 10.0. The first-order chi connectivity index (χ1) is 13.1. The van der Waals surface area contributed by atoms with E-state index in [0.717, 1.165) is 26.4 Å². The number of methoxy groups -OCH3 is 2. The second kappa shape index (κ2) is 6.89. The average molecular weight is 378 g/mol. The van der Waals surface area contributed by atoms with E-state index in [-0.39, 0.29) is 5.56 Å². The van der Waals surface area contributed by atoms with Gasteiger partial charge in [-0.05, 0) is 30.7 Å². The van der Waals surface area contributed by atoms with Crippen LogP contribution in [0, 0.1) is 6.92 Å². The highest BCUT2D eigenvalue weighted by Crippen LogP contribution is 2.37. The molecular weight excluding hydrogens is 360 g/mol. The smallest absolute Gasteiger partial charge is 0.260 e. The Morgan fingerprint density at radius 3 is 2.41 bits per heavy atom. The van der Waals surface area contributed by atoms with Gasteiger partial charge in [-0.1, -0.05) is 30.3 Å². The molecule has 0 saturated carbocycles. The van der Waals surface area contributed by atoms with Crippen molar-refractivity contribution in [2.75, 3.05) is 14.2 Å². The zero-order chi connectivity index (χ0) is 19.0. The molecule has 2 aromatic carbocycles. The minimum Gasteiger partial charge on any atom is -0.493 e. The molecule has 0 amide bonds. The van der Waals surface area contributed by atoms with E-state index in [1.807, 2.05) is 49.4 Å². The molecule has 0 spiro atoms. The van der Waals surface area contributed by atoms with E-state index in [4.69, 9.17) is 14.5 Å². The van der Waals surface area contributed by atoms with Crippen LogP contribution in [0.3, 0.4) is 0 Å². The van der Waals surface area contributed by atoms with E-state index in [1.165, 1.54) is 11.3 Å². The largest absolute Gasteiger partial charge is 0.493 e. The van der Waals surface area contributed by atoms with Crippen LogP contribution in [0.15, 0.2) is 53.3 Å². The van der Waals surface area contributed by atoms with Crippen molar-refractivity contribution in [1.82, 2.24) is 9.97 Å². The highest BCUT2D eigenvalue weighted by molar-refractivity contribution is 7.19. The Morgan fingerprint density at radius 2 is 1.70 bits per heavy atom. The molecule has 6 heteroatoms. The first-order valence-electron chi connectivity index (χ1n) is 8.43. The van der Waals surface area contributed by atoms with E-state index < -0.39 is 0 Å². The predicted octanol–water partition coefficient (Wildman–Crippen LogP) is 4.64. The summed E-state index contributed by atoms with van der Waals surface area (Å²) < 4.78 is 10.6. The van der Waals surface area contributed by atoms with Crippen LogP contribution in [0.2, 0.25) is 0 Å². The molecule has 4 rings (SSSR count). The van der Waals surface area contributed by atoms with E-state index in [0.29, 0.717) is 22.7 Å². The monoisotopic (exact) mass is 378 g/mol. The maximum absolute atomic E-state index is 12.9. The number of aromatic nitrogens is 2. The molecule has 2 heterocycles. The summed E-state index contributed by atoms with van der Waals surface area (Å²) in [6, 6.07) is 15.4. The average Bonchev–Trinajstić information content (AvgIpc) is 3.04. The molecule has 0 atom stereocenters. The number of hydrogen-bond acceptors (Lipinski definition) is 5. The second-order valence-electron chi connectivity index (χ2n) is 6.06. The fourth-order valence-electron chi connectivity index (χ4n) is 3.19. The van der Waals surface area contributed by atoms with Gasteiger partial charge in [-0.25, -0.2) is 4.98 Å². The molecule has 27 heavy (non-hydrogen) atoms. The minimum absolute atomic E-state index is 0.145. The van der Waals surface area contributed by atoms with Gasteiger partial charge in [0, 0.05) is 16.0 Å². The Kier molecular flexibility index (Phi) is 4.41. The third-order valence-corrected chi connectivity index (χ3v) is 5.46. The predicted molar refractivity (Wildman–Crippen MR) is 109 cm³/mol. The number of benzene rings is 2. The Morgan fingerprint density at radius 1 is 0.963 bits per heavy atom. The van der Waals surface area contributed by atoms with Crippen molar-refractivity contribution >= 4 is 21.6 Å². The Bertz CT molecular complexity index is 1180. The standard InChI is InChI=1S/C21H18N2O3S/c1-12-17(13-7-5-4-6-8-13)18-20(24)22-19(23-21(18)27-12)14-9-10-15(25-2)16(11-14)26-3/h4-11H,1-3H3,(H,22,23,24). The van der Waals surface area contributed by atoms with Crippen LogP contribution in [0.25, 0.3) is 32.7 Å². The highest BCUT2D eigenvalue weighted by Gasteiger charge is 2.17. The van der Waals surface area contributed by atoms with Crippen molar-refractivity contribution in [3.05, 3.63) is 63.8 Å². The molecule has 0 saturated heterocycles. The Hall–Kier alpha value is -3.12. The second-order valence-corrected chi connectivity index (χ2v) is 7.27. The minimum atomic E-state index is -0.145. The van der Waals surface area contributed by atoms with Gasteiger partial charge in [0.1, 0.15) is 10.7 Å². The van der Waals surface area contributed by atoms with Crippen LogP contribution in [-0.2, 0) is 0 Å². The van der Waals surface area contributed by atoms with E-state index in [2.05, 4.69) is 4.98 Å². The molecule has 136 valence electrons. The van der Waals surface area contributed by atoms with Crippen LogP contribution in [0.5, 0.6) is 11.5 Å². The molecule has 4 aromatic rings. The van der Waals surface area contributed by atoms with E-state index in [1.54, 1.807) is 20.3 Å². The lowest BCUT2D eigenvalue weighted by Gasteiger charge is -2.09. The number of nitrogens with one attached hydrogen (secondary N) is 1. The van der Waals surface area contributed by atoms with Crippen LogP contribution in [-0.4, -0.2) is 24.2 Å². The summed E-state index contributed by atoms with van der Waals surface area (Å²) >= 11 is 1.53. The quantitative estimate of drug-likeness (QED) is 0.562. The highest BCUT2D eigenvalue weighted by atomic mass is 32.1. The number of rotatable bonds is 4.